The highest BCUT2D eigenvalue weighted by Crippen LogP contribution is 2.27. The molecule has 0 aliphatic carbocycles. The molecule has 3 rings (SSSR count). The monoisotopic (exact) mass is 434 g/mol. The van der Waals surface area contributed by atoms with Gasteiger partial charge in [0.05, 0.1) is 25.8 Å². The number of aliphatic imine (C=N–C) groups is 1. The van der Waals surface area contributed by atoms with E-state index in [-0.39, 0.29) is 0 Å². The highest BCUT2D eigenvalue weighted by Gasteiger charge is 2.02. The predicted octanol–water partition coefficient (Wildman–Crippen LogP) is 8.16. The molecule has 0 amide bonds. The maximum absolute atomic E-state index is 6.07. The normalized spacial score (nSPS) is 11.8. The standard InChI is InChI=1S/C21H14Cl4N2/c22-18-8-6-16(10-20(18)24)26-12-15(14-4-2-1-3-5-14)13-27-17-7-9-19(23)21(25)11-17/h1-13,26H/b15-12-,27-13?. The van der Waals surface area contributed by atoms with Gasteiger partial charge < -0.3 is 5.32 Å². The highest BCUT2D eigenvalue weighted by atomic mass is 35.5. The van der Waals surface area contributed by atoms with E-state index >= 15 is 0 Å². The lowest BCUT2D eigenvalue weighted by molar-refractivity contribution is 1.53. The molecule has 27 heavy (non-hydrogen) atoms. The van der Waals surface area contributed by atoms with E-state index in [1.807, 2.05) is 42.6 Å². The highest BCUT2D eigenvalue weighted by molar-refractivity contribution is 6.42. The van der Waals surface area contributed by atoms with Gasteiger partial charge in [0.15, 0.2) is 0 Å². The molecule has 0 unspecified atom stereocenters. The Morgan fingerprint density at radius 1 is 0.741 bits per heavy atom. The van der Waals surface area contributed by atoms with Crippen LogP contribution in [0.5, 0.6) is 0 Å². The number of benzene rings is 3. The third kappa shape index (κ3) is 5.50. The molecule has 0 heterocycles. The Bertz CT molecular complexity index is 998. The first kappa shape index (κ1) is 19.8. The second-order valence-electron chi connectivity index (χ2n) is 5.60. The van der Waals surface area contributed by atoms with Gasteiger partial charge in [0.25, 0.3) is 0 Å². The zero-order chi connectivity index (χ0) is 19.2. The fourth-order valence-electron chi connectivity index (χ4n) is 2.28. The van der Waals surface area contributed by atoms with E-state index in [0.29, 0.717) is 25.8 Å². The summed E-state index contributed by atoms with van der Waals surface area (Å²) in [6.07, 6.45) is 3.62. The number of hydrogen-bond donors (Lipinski definition) is 1. The van der Waals surface area contributed by atoms with Gasteiger partial charge in [-0.05, 0) is 42.0 Å². The van der Waals surface area contributed by atoms with Crippen molar-refractivity contribution in [1.82, 2.24) is 0 Å². The lowest BCUT2D eigenvalue weighted by Crippen LogP contribution is -1.93. The van der Waals surface area contributed by atoms with Crippen LogP contribution in [-0.2, 0) is 0 Å². The van der Waals surface area contributed by atoms with E-state index < -0.39 is 0 Å². The third-order valence-corrected chi connectivity index (χ3v) is 5.16. The fourth-order valence-corrected chi connectivity index (χ4v) is 2.87. The van der Waals surface area contributed by atoms with Crippen molar-refractivity contribution in [2.24, 2.45) is 4.99 Å². The number of allylic oxidation sites excluding steroid dienone is 1. The van der Waals surface area contributed by atoms with Gasteiger partial charge in [-0.2, -0.15) is 0 Å². The fraction of sp³-hybridized carbons (Fsp3) is 0. The predicted molar refractivity (Wildman–Crippen MR) is 119 cm³/mol. The molecule has 1 N–H and O–H groups in total. The Kier molecular flexibility index (Phi) is 6.81. The lowest BCUT2D eigenvalue weighted by atomic mass is 10.1. The summed E-state index contributed by atoms with van der Waals surface area (Å²) in [6.45, 7) is 0. The molecule has 0 saturated heterocycles. The van der Waals surface area contributed by atoms with E-state index in [2.05, 4.69) is 10.3 Å². The van der Waals surface area contributed by atoms with Crippen molar-refractivity contribution in [3.05, 3.63) is 98.6 Å². The summed E-state index contributed by atoms with van der Waals surface area (Å²) >= 11 is 24.1. The first-order valence-electron chi connectivity index (χ1n) is 7.99. The quantitative estimate of drug-likeness (QED) is 0.401. The minimum absolute atomic E-state index is 0.463. The molecular weight excluding hydrogens is 422 g/mol. The first-order chi connectivity index (χ1) is 13.0. The van der Waals surface area contributed by atoms with Gasteiger partial charge in [0, 0.05) is 23.7 Å². The first-order valence-corrected chi connectivity index (χ1v) is 9.50. The molecule has 0 fully saturated rings. The second kappa shape index (κ2) is 9.29. The van der Waals surface area contributed by atoms with Crippen LogP contribution in [0.1, 0.15) is 5.56 Å². The summed E-state index contributed by atoms with van der Waals surface area (Å²) in [7, 11) is 0. The average molecular weight is 436 g/mol. The Morgan fingerprint density at radius 2 is 1.41 bits per heavy atom. The molecule has 0 aromatic heterocycles. The number of nitrogens with zero attached hydrogens (tertiary/aromatic N) is 1. The molecule has 2 nitrogen and oxygen atoms in total. The minimum Gasteiger partial charge on any atom is -0.361 e. The van der Waals surface area contributed by atoms with Gasteiger partial charge in [0.2, 0.25) is 0 Å². The van der Waals surface area contributed by atoms with Crippen LogP contribution in [0.2, 0.25) is 20.1 Å². The molecule has 136 valence electrons. The zero-order valence-corrected chi connectivity index (χ0v) is 17.0. The summed E-state index contributed by atoms with van der Waals surface area (Å²) in [5.41, 5.74) is 3.42. The smallest absolute Gasteiger partial charge is 0.0645 e. The Hall–Kier alpha value is -1.97. The van der Waals surface area contributed by atoms with E-state index in [1.54, 1.807) is 36.5 Å². The lowest BCUT2D eigenvalue weighted by Gasteiger charge is -2.06. The van der Waals surface area contributed by atoms with Crippen molar-refractivity contribution in [2.45, 2.75) is 0 Å². The summed E-state index contributed by atoms with van der Waals surface area (Å²) in [4.78, 5) is 4.51. The number of halogens is 4. The maximum atomic E-state index is 6.07. The SMILES string of the molecule is Clc1ccc(N=C/C(=C/Nc2ccc(Cl)c(Cl)c2)c2ccccc2)cc1Cl. The molecule has 3 aromatic rings. The van der Waals surface area contributed by atoms with Crippen LogP contribution in [0.3, 0.4) is 0 Å². The van der Waals surface area contributed by atoms with Gasteiger partial charge in [-0.1, -0.05) is 76.7 Å². The molecular formula is C21H14Cl4N2. The summed E-state index contributed by atoms with van der Waals surface area (Å²) in [6, 6.07) is 20.5. The van der Waals surface area contributed by atoms with Crippen LogP contribution in [-0.4, -0.2) is 6.21 Å². The van der Waals surface area contributed by atoms with Crippen LogP contribution >= 0.6 is 46.4 Å². The van der Waals surface area contributed by atoms with E-state index in [4.69, 9.17) is 46.4 Å². The minimum atomic E-state index is 0.463. The molecule has 0 saturated carbocycles. The van der Waals surface area contributed by atoms with Crippen LogP contribution in [0.4, 0.5) is 11.4 Å². The molecule has 0 spiro atoms. The Morgan fingerprint density at radius 3 is 2.07 bits per heavy atom. The Balaban J connectivity index is 1.89. The van der Waals surface area contributed by atoms with Crippen LogP contribution in [0.15, 0.2) is 77.9 Å². The van der Waals surface area contributed by atoms with Gasteiger partial charge >= 0.3 is 0 Å². The van der Waals surface area contributed by atoms with Gasteiger partial charge in [-0.25, -0.2) is 0 Å². The maximum Gasteiger partial charge on any atom is 0.0645 e. The van der Waals surface area contributed by atoms with Gasteiger partial charge in [0.1, 0.15) is 0 Å². The molecule has 0 atom stereocenters. The topological polar surface area (TPSA) is 24.4 Å². The number of anilines is 1. The summed E-state index contributed by atoms with van der Waals surface area (Å²) in [5.74, 6) is 0. The largest absolute Gasteiger partial charge is 0.361 e. The van der Waals surface area contributed by atoms with Crippen molar-refractivity contribution in [1.29, 1.82) is 0 Å². The van der Waals surface area contributed by atoms with Crippen molar-refractivity contribution < 1.29 is 0 Å². The van der Waals surface area contributed by atoms with Crippen molar-refractivity contribution >= 4 is 69.6 Å². The third-order valence-electron chi connectivity index (χ3n) is 3.68. The number of nitrogens with one attached hydrogen (secondary N) is 1. The van der Waals surface area contributed by atoms with Gasteiger partial charge in [-0.3, -0.25) is 4.99 Å². The van der Waals surface area contributed by atoms with Crippen LogP contribution in [0, 0.1) is 0 Å². The van der Waals surface area contributed by atoms with Crippen molar-refractivity contribution in [2.75, 3.05) is 5.32 Å². The Labute approximate surface area is 178 Å². The summed E-state index contributed by atoms with van der Waals surface area (Å²) < 4.78 is 0. The molecule has 0 aliphatic rings. The van der Waals surface area contributed by atoms with Crippen LogP contribution < -0.4 is 5.32 Å². The zero-order valence-electron chi connectivity index (χ0n) is 14.0. The van der Waals surface area contributed by atoms with E-state index in [9.17, 15) is 0 Å². The molecule has 0 radical (unpaired) electrons. The molecule has 0 bridgehead atoms. The molecule has 6 heteroatoms. The number of rotatable bonds is 5. The molecule has 3 aromatic carbocycles. The number of hydrogen-bond acceptors (Lipinski definition) is 2. The van der Waals surface area contributed by atoms with E-state index in [0.717, 1.165) is 16.8 Å². The summed E-state index contributed by atoms with van der Waals surface area (Å²) in [5, 5.41) is 5.18. The van der Waals surface area contributed by atoms with E-state index in [1.165, 1.54) is 0 Å². The van der Waals surface area contributed by atoms with Crippen molar-refractivity contribution in [3.63, 3.8) is 0 Å². The van der Waals surface area contributed by atoms with Crippen LogP contribution in [0.25, 0.3) is 5.57 Å². The second-order valence-corrected chi connectivity index (χ2v) is 7.22. The average Bonchev–Trinajstić information content (AvgIpc) is 2.68. The van der Waals surface area contributed by atoms with Gasteiger partial charge in [-0.15, -0.1) is 0 Å². The van der Waals surface area contributed by atoms with Crippen molar-refractivity contribution in [3.8, 4) is 0 Å². The molecule has 0 aliphatic heterocycles.